The van der Waals surface area contributed by atoms with E-state index < -0.39 is 9.75 Å². The number of nitrogens with zero attached hydrogens (tertiary/aromatic N) is 1. The summed E-state index contributed by atoms with van der Waals surface area (Å²) in [6, 6.07) is 9.46. The Bertz CT molecular complexity index is 666. The van der Waals surface area contributed by atoms with Crippen LogP contribution in [0.5, 0.6) is 0 Å². The van der Waals surface area contributed by atoms with Crippen LogP contribution in [-0.4, -0.2) is 15.2 Å². The summed E-state index contributed by atoms with van der Waals surface area (Å²) in [5, 5.41) is 3.85. The summed E-state index contributed by atoms with van der Waals surface area (Å²) < 4.78 is -0.963. The number of para-hydroxylation sites is 1. The Labute approximate surface area is 120 Å². The molecule has 98 valence electrons. The summed E-state index contributed by atoms with van der Waals surface area (Å²) in [7, 11) is 0. The molecule has 1 amide bonds. The first-order valence-corrected chi connectivity index (χ1v) is 6.73. The molecule has 1 atom stereocenters. The van der Waals surface area contributed by atoms with Gasteiger partial charge < -0.3 is 5.32 Å². The largest absolute Gasteiger partial charge is 0.324 e. The van der Waals surface area contributed by atoms with Gasteiger partial charge in [-0.15, -0.1) is 23.2 Å². The van der Waals surface area contributed by atoms with Gasteiger partial charge in [0.2, 0.25) is 5.91 Å². The smallest absolute Gasteiger partial charge is 0.233 e. The molecule has 1 aromatic heterocycles. The SMILES string of the molecule is CC1(C(=O)Nc2cccc3cccnc23)CC1(Cl)Cl. The second-order valence-electron chi connectivity index (χ2n) is 5.05. The van der Waals surface area contributed by atoms with Crippen molar-refractivity contribution in [2.75, 3.05) is 5.32 Å². The second-order valence-corrected chi connectivity index (χ2v) is 6.53. The van der Waals surface area contributed by atoms with E-state index in [2.05, 4.69) is 10.3 Å². The number of halogens is 2. The molecule has 1 aliphatic carbocycles. The number of benzene rings is 1. The number of hydrogen-bond donors (Lipinski definition) is 1. The first-order chi connectivity index (χ1) is 8.94. The van der Waals surface area contributed by atoms with E-state index in [4.69, 9.17) is 23.2 Å². The van der Waals surface area contributed by atoms with Crippen LogP contribution >= 0.6 is 23.2 Å². The van der Waals surface area contributed by atoms with E-state index in [9.17, 15) is 4.79 Å². The van der Waals surface area contributed by atoms with Crippen molar-refractivity contribution in [1.82, 2.24) is 4.98 Å². The van der Waals surface area contributed by atoms with Crippen molar-refractivity contribution in [3.05, 3.63) is 36.5 Å². The van der Waals surface area contributed by atoms with E-state index in [-0.39, 0.29) is 5.91 Å². The van der Waals surface area contributed by atoms with Crippen LogP contribution in [0.3, 0.4) is 0 Å². The van der Waals surface area contributed by atoms with Gasteiger partial charge in [0.05, 0.1) is 16.6 Å². The molecule has 1 fully saturated rings. The minimum absolute atomic E-state index is 0.171. The number of amides is 1. The van der Waals surface area contributed by atoms with Crippen LogP contribution < -0.4 is 5.32 Å². The Morgan fingerprint density at radius 3 is 2.68 bits per heavy atom. The molecule has 1 N–H and O–H groups in total. The van der Waals surface area contributed by atoms with Gasteiger partial charge in [0.1, 0.15) is 4.33 Å². The molecule has 0 spiro atoms. The monoisotopic (exact) mass is 294 g/mol. The number of pyridine rings is 1. The highest BCUT2D eigenvalue weighted by Gasteiger charge is 2.67. The zero-order chi connectivity index (χ0) is 13.7. The lowest BCUT2D eigenvalue weighted by molar-refractivity contribution is -0.120. The molecule has 2 aromatic rings. The third-order valence-electron chi connectivity index (χ3n) is 3.64. The molecule has 19 heavy (non-hydrogen) atoms. The fourth-order valence-corrected chi connectivity index (χ4v) is 2.82. The van der Waals surface area contributed by atoms with E-state index in [1.54, 1.807) is 13.1 Å². The van der Waals surface area contributed by atoms with Gasteiger partial charge in [0.25, 0.3) is 0 Å². The number of nitrogens with one attached hydrogen (secondary N) is 1. The summed E-state index contributed by atoms with van der Waals surface area (Å²) in [4.78, 5) is 16.5. The maximum absolute atomic E-state index is 12.2. The summed E-state index contributed by atoms with van der Waals surface area (Å²) in [5.41, 5.74) is 0.713. The molecule has 1 aliphatic rings. The predicted molar refractivity (Wildman–Crippen MR) is 77.5 cm³/mol. The minimum atomic E-state index is -0.963. The van der Waals surface area contributed by atoms with Crippen molar-refractivity contribution >= 4 is 45.7 Å². The number of fused-ring (bicyclic) bond motifs is 1. The molecule has 1 saturated carbocycles. The molecule has 1 unspecified atom stereocenters. The average molecular weight is 295 g/mol. The van der Waals surface area contributed by atoms with Crippen molar-refractivity contribution in [2.45, 2.75) is 17.7 Å². The van der Waals surface area contributed by atoms with Crippen LogP contribution in [0.25, 0.3) is 10.9 Å². The molecule has 0 aliphatic heterocycles. The number of anilines is 1. The fraction of sp³-hybridized carbons (Fsp3) is 0.286. The quantitative estimate of drug-likeness (QED) is 0.857. The third-order valence-corrected chi connectivity index (χ3v) is 4.74. The Morgan fingerprint density at radius 2 is 2.00 bits per heavy atom. The highest BCUT2D eigenvalue weighted by molar-refractivity contribution is 6.53. The van der Waals surface area contributed by atoms with Crippen LogP contribution in [0.4, 0.5) is 5.69 Å². The van der Waals surface area contributed by atoms with Crippen molar-refractivity contribution in [3.8, 4) is 0 Å². The van der Waals surface area contributed by atoms with Gasteiger partial charge in [-0.25, -0.2) is 0 Å². The Hall–Kier alpha value is -1.32. The fourth-order valence-electron chi connectivity index (χ4n) is 2.11. The van der Waals surface area contributed by atoms with Gasteiger partial charge in [0, 0.05) is 11.6 Å². The lowest BCUT2D eigenvalue weighted by atomic mass is 10.1. The maximum Gasteiger partial charge on any atom is 0.233 e. The van der Waals surface area contributed by atoms with E-state index >= 15 is 0 Å². The summed E-state index contributed by atoms with van der Waals surface area (Å²) in [5.74, 6) is -0.171. The van der Waals surface area contributed by atoms with Gasteiger partial charge in [-0.05, 0) is 25.5 Å². The first kappa shape index (κ1) is 12.7. The first-order valence-electron chi connectivity index (χ1n) is 5.97. The van der Waals surface area contributed by atoms with Crippen LogP contribution in [0, 0.1) is 5.41 Å². The van der Waals surface area contributed by atoms with E-state index in [0.717, 1.165) is 10.9 Å². The van der Waals surface area contributed by atoms with Gasteiger partial charge >= 0.3 is 0 Å². The molecule has 0 bridgehead atoms. The van der Waals surface area contributed by atoms with Crippen molar-refractivity contribution in [1.29, 1.82) is 0 Å². The molecule has 3 nitrogen and oxygen atoms in total. The third kappa shape index (κ3) is 1.97. The van der Waals surface area contributed by atoms with Gasteiger partial charge in [-0.3, -0.25) is 9.78 Å². The number of alkyl halides is 2. The Kier molecular flexibility index (Phi) is 2.73. The summed E-state index contributed by atoms with van der Waals surface area (Å²) in [6.45, 7) is 1.76. The van der Waals surface area contributed by atoms with Crippen LogP contribution in [0.1, 0.15) is 13.3 Å². The summed E-state index contributed by atoms with van der Waals surface area (Å²) in [6.07, 6.45) is 2.16. The Morgan fingerprint density at radius 1 is 1.32 bits per heavy atom. The second kappa shape index (κ2) is 4.09. The number of rotatable bonds is 2. The molecule has 0 radical (unpaired) electrons. The highest BCUT2D eigenvalue weighted by atomic mass is 35.5. The molecule has 1 aromatic carbocycles. The summed E-state index contributed by atoms with van der Waals surface area (Å²) >= 11 is 12.0. The maximum atomic E-state index is 12.2. The molecular formula is C14H12Cl2N2O. The van der Waals surface area contributed by atoms with Crippen LogP contribution in [0.15, 0.2) is 36.5 Å². The number of carbonyl (C=O) groups excluding carboxylic acids is 1. The van der Waals surface area contributed by atoms with Gasteiger partial charge in [-0.1, -0.05) is 18.2 Å². The van der Waals surface area contributed by atoms with Crippen molar-refractivity contribution in [3.63, 3.8) is 0 Å². The van der Waals surface area contributed by atoms with E-state index in [1.807, 2.05) is 30.3 Å². The average Bonchev–Trinajstić information content (AvgIpc) is 2.90. The van der Waals surface area contributed by atoms with Crippen LogP contribution in [0.2, 0.25) is 0 Å². The standard InChI is InChI=1S/C14H12Cl2N2O/c1-13(8-14(13,15)16)12(19)18-10-6-2-4-9-5-3-7-17-11(9)10/h2-7H,8H2,1H3,(H,18,19). The molecule has 0 saturated heterocycles. The lowest BCUT2D eigenvalue weighted by Crippen LogP contribution is -2.26. The normalized spacial score (nSPS) is 24.2. The van der Waals surface area contributed by atoms with Gasteiger partial charge in [-0.2, -0.15) is 0 Å². The minimum Gasteiger partial charge on any atom is -0.324 e. The molecule has 3 rings (SSSR count). The predicted octanol–water partition coefficient (Wildman–Crippen LogP) is 3.76. The van der Waals surface area contributed by atoms with Crippen molar-refractivity contribution in [2.24, 2.45) is 5.41 Å². The zero-order valence-electron chi connectivity index (χ0n) is 10.3. The number of hydrogen-bond acceptors (Lipinski definition) is 2. The highest BCUT2D eigenvalue weighted by Crippen LogP contribution is 2.64. The molecular weight excluding hydrogens is 283 g/mol. The van der Waals surface area contributed by atoms with Crippen molar-refractivity contribution < 1.29 is 4.79 Å². The van der Waals surface area contributed by atoms with E-state index in [0.29, 0.717) is 12.1 Å². The molecule has 1 heterocycles. The molecule has 5 heteroatoms. The van der Waals surface area contributed by atoms with Gasteiger partial charge in [0.15, 0.2) is 0 Å². The van der Waals surface area contributed by atoms with E-state index in [1.165, 1.54) is 0 Å². The van der Waals surface area contributed by atoms with Crippen LogP contribution in [-0.2, 0) is 4.79 Å². The number of aromatic nitrogens is 1. The zero-order valence-corrected chi connectivity index (χ0v) is 11.8. The Balaban J connectivity index is 1.93. The lowest BCUT2D eigenvalue weighted by Gasteiger charge is -2.13. The topological polar surface area (TPSA) is 42.0 Å². The number of carbonyl (C=O) groups is 1.